The Hall–Kier alpha value is -2.69. The number of nitrogens with two attached hydrogens (primary N) is 1. The molecule has 1 saturated carbocycles. The smallest absolute Gasteiger partial charge is 0.215 e. The third kappa shape index (κ3) is 6.30. The summed E-state index contributed by atoms with van der Waals surface area (Å²) >= 11 is 1.64. The Balaban J connectivity index is 1.66. The Morgan fingerprint density at radius 2 is 2.00 bits per heavy atom. The topological polar surface area (TPSA) is 114 Å². The number of nitrogens with one attached hydrogen (secondary N) is 1. The van der Waals surface area contributed by atoms with Crippen LogP contribution in [0, 0.1) is 5.41 Å². The number of fused-ring (bicyclic) bond motifs is 1. The number of allylic oxidation sites excluding steroid dienone is 2. The quantitative estimate of drug-likeness (QED) is 0.151. The third-order valence-electron chi connectivity index (χ3n) is 6.26. The molecule has 186 valence electrons. The van der Waals surface area contributed by atoms with Gasteiger partial charge >= 0.3 is 0 Å². The van der Waals surface area contributed by atoms with Crippen molar-refractivity contribution in [2.75, 3.05) is 18.2 Å². The molecule has 4 rings (SSSR count). The van der Waals surface area contributed by atoms with E-state index in [0.29, 0.717) is 30.5 Å². The highest BCUT2D eigenvalue weighted by atomic mass is 32.1. The molecule has 0 spiro atoms. The molecule has 3 N–H and O–H groups in total. The fourth-order valence-corrected chi connectivity index (χ4v) is 5.91. The van der Waals surface area contributed by atoms with Crippen molar-refractivity contribution in [1.29, 1.82) is 5.41 Å². The van der Waals surface area contributed by atoms with E-state index in [2.05, 4.69) is 34.8 Å². The molecule has 0 radical (unpaired) electrons. The van der Waals surface area contributed by atoms with Crippen LogP contribution in [0.25, 0.3) is 16.6 Å². The molecule has 1 aliphatic rings. The summed E-state index contributed by atoms with van der Waals surface area (Å²) < 4.78 is 6.13. The molecule has 0 saturated heterocycles. The van der Waals surface area contributed by atoms with Gasteiger partial charge in [-0.1, -0.05) is 43.8 Å². The van der Waals surface area contributed by atoms with E-state index in [0.717, 1.165) is 38.6 Å². The van der Waals surface area contributed by atoms with Crippen molar-refractivity contribution in [2.24, 2.45) is 5.73 Å². The normalized spacial score (nSPS) is 15.4. The van der Waals surface area contributed by atoms with Crippen LogP contribution in [0.3, 0.4) is 0 Å². The summed E-state index contributed by atoms with van der Waals surface area (Å²) in [5.41, 5.74) is 9.47. The van der Waals surface area contributed by atoms with Crippen molar-refractivity contribution in [3.63, 3.8) is 0 Å². The van der Waals surface area contributed by atoms with Gasteiger partial charge in [0.15, 0.2) is 0 Å². The zero-order chi connectivity index (χ0) is 25.0. The minimum atomic E-state index is -1.19. The number of pyridine rings is 2. The molecule has 1 aliphatic carbocycles. The van der Waals surface area contributed by atoms with Gasteiger partial charge in [0.05, 0.1) is 11.0 Å². The molecule has 0 aromatic carbocycles. The monoisotopic (exact) mass is 509 g/mol. The first-order valence-electron chi connectivity index (χ1n) is 12.2. The molecular formula is C25H35N7OSSi. The SMILES string of the molecule is C/C(N)=C(/C=N)c1cnc2ccc(N(COCC[Si](C)(C)C)c3nnc(C4CCCC4)s3)nc2c1. The number of anilines is 2. The fourth-order valence-electron chi connectivity index (χ4n) is 4.15. The average molecular weight is 510 g/mol. The van der Waals surface area contributed by atoms with Gasteiger partial charge in [-0.05, 0) is 44.0 Å². The van der Waals surface area contributed by atoms with Crippen molar-refractivity contribution in [2.45, 2.75) is 64.2 Å². The molecule has 3 aromatic rings. The Bertz CT molecular complexity index is 1210. The number of ether oxygens (including phenoxy) is 1. The van der Waals surface area contributed by atoms with Gasteiger partial charge in [-0.3, -0.25) is 9.88 Å². The van der Waals surface area contributed by atoms with Crippen LogP contribution in [0.15, 0.2) is 30.1 Å². The van der Waals surface area contributed by atoms with E-state index in [1.807, 2.05) is 23.1 Å². The van der Waals surface area contributed by atoms with Gasteiger partial charge in [0.2, 0.25) is 5.13 Å². The summed E-state index contributed by atoms with van der Waals surface area (Å²) in [6, 6.07) is 6.93. The average Bonchev–Trinajstić information content (AvgIpc) is 3.50. The third-order valence-corrected chi connectivity index (χ3v) is 9.07. The van der Waals surface area contributed by atoms with Gasteiger partial charge in [0.25, 0.3) is 0 Å². The van der Waals surface area contributed by atoms with E-state index in [1.165, 1.54) is 31.9 Å². The molecule has 0 aliphatic heterocycles. The van der Waals surface area contributed by atoms with Crippen molar-refractivity contribution in [3.05, 3.63) is 40.7 Å². The molecule has 0 atom stereocenters. The van der Waals surface area contributed by atoms with Gasteiger partial charge in [0.1, 0.15) is 17.6 Å². The Labute approximate surface area is 212 Å². The van der Waals surface area contributed by atoms with E-state index in [9.17, 15) is 0 Å². The highest BCUT2D eigenvalue weighted by molar-refractivity contribution is 7.15. The van der Waals surface area contributed by atoms with Crippen LogP contribution in [0.2, 0.25) is 25.7 Å². The summed E-state index contributed by atoms with van der Waals surface area (Å²) in [6.45, 7) is 9.91. The van der Waals surface area contributed by atoms with Crippen LogP contribution in [0.5, 0.6) is 0 Å². The minimum Gasteiger partial charge on any atom is -0.402 e. The second-order valence-electron chi connectivity index (χ2n) is 10.4. The first-order valence-corrected chi connectivity index (χ1v) is 16.7. The molecule has 1 fully saturated rings. The maximum absolute atomic E-state index is 7.72. The maximum Gasteiger partial charge on any atom is 0.215 e. The van der Waals surface area contributed by atoms with Gasteiger partial charge < -0.3 is 15.9 Å². The summed E-state index contributed by atoms with van der Waals surface area (Å²) in [4.78, 5) is 11.5. The summed E-state index contributed by atoms with van der Waals surface area (Å²) in [7, 11) is -1.19. The van der Waals surface area contributed by atoms with Gasteiger partial charge in [-0.25, -0.2) is 4.98 Å². The van der Waals surface area contributed by atoms with Crippen LogP contribution in [-0.2, 0) is 4.74 Å². The summed E-state index contributed by atoms with van der Waals surface area (Å²) in [5.74, 6) is 1.25. The standard InChI is InChI=1S/C25H35N7OSSi/c1-17(27)20(14-26)19-13-22-21(28-15-19)9-10-23(29-22)32(16-33-11-12-35(2,3)4)25-31-30-24(34-25)18-7-5-6-8-18/h9-10,13-15,18,26H,5-8,11-12,16,27H2,1-4H3/b20-17+,26-14?. The zero-order valence-corrected chi connectivity index (χ0v) is 22.9. The van der Waals surface area contributed by atoms with Crippen LogP contribution in [-0.4, -0.2) is 47.8 Å². The van der Waals surface area contributed by atoms with E-state index < -0.39 is 8.07 Å². The molecule has 3 aromatic heterocycles. The van der Waals surface area contributed by atoms with E-state index in [1.54, 1.807) is 24.5 Å². The lowest BCUT2D eigenvalue weighted by atomic mass is 10.1. The largest absolute Gasteiger partial charge is 0.402 e. The lowest BCUT2D eigenvalue weighted by Gasteiger charge is -2.22. The predicted octanol–water partition coefficient (Wildman–Crippen LogP) is 5.93. The molecule has 35 heavy (non-hydrogen) atoms. The Kier molecular flexibility index (Phi) is 7.93. The number of hydrogen-bond acceptors (Lipinski definition) is 9. The van der Waals surface area contributed by atoms with Crippen molar-refractivity contribution >= 4 is 53.2 Å². The number of aromatic nitrogens is 4. The first kappa shape index (κ1) is 25.4. The van der Waals surface area contributed by atoms with E-state index in [4.69, 9.17) is 20.9 Å². The molecule has 0 amide bonds. The van der Waals surface area contributed by atoms with Gasteiger partial charge in [0, 0.05) is 49.8 Å². The molecule has 8 nitrogen and oxygen atoms in total. The van der Waals surface area contributed by atoms with Gasteiger partial charge in [-0.2, -0.15) is 0 Å². The van der Waals surface area contributed by atoms with E-state index in [-0.39, 0.29) is 0 Å². The van der Waals surface area contributed by atoms with Crippen LogP contribution in [0.4, 0.5) is 10.9 Å². The van der Waals surface area contributed by atoms with Gasteiger partial charge in [-0.15, -0.1) is 10.2 Å². The molecule has 10 heteroatoms. The predicted molar refractivity (Wildman–Crippen MR) is 147 cm³/mol. The number of rotatable bonds is 10. The second-order valence-corrected chi connectivity index (χ2v) is 17.0. The summed E-state index contributed by atoms with van der Waals surface area (Å²) in [6.07, 6.45) is 7.89. The molecule has 0 unspecified atom stereocenters. The van der Waals surface area contributed by atoms with Crippen LogP contribution < -0.4 is 10.6 Å². The first-order chi connectivity index (χ1) is 16.7. The lowest BCUT2D eigenvalue weighted by molar-refractivity contribution is 0.153. The Morgan fingerprint density at radius 1 is 1.23 bits per heavy atom. The highest BCUT2D eigenvalue weighted by Gasteiger charge is 2.24. The minimum absolute atomic E-state index is 0.364. The van der Waals surface area contributed by atoms with Crippen molar-refractivity contribution in [1.82, 2.24) is 20.2 Å². The lowest BCUT2D eigenvalue weighted by Crippen LogP contribution is -2.26. The van der Waals surface area contributed by atoms with Crippen molar-refractivity contribution in [3.8, 4) is 0 Å². The number of nitrogens with zero attached hydrogens (tertiary/aromatic N) is 5. The molecular weight excluding hydrogens is 474 g/mol. The van der Waals surface area contributed by atoms with Crippen LogP contribution in [0.1, 0.15) is 49.1 Å². The molecule has 0 bridgehead atoms. The van der Waals surface area contributed by atoms with E-state index >= 15 is 0 Å². The fraction of sp³-hybridized carbons (Fsp3) is 0.480. The maximum atomic E-state index is 7.72. The second kappa shape index (κ2) is 10.9. The Morgan fingerprint density at radius 3 is 2.69 bits per heavy atom. The highest BCUT2D eigenvalue weighted by Crippen LogP contribution is 2.38. The summed E-state index contributed by atoms with van der Waals surface area (Å²) in [5, 5.41) is 18.7. The van der Waals surface area contributed by atoms with Crippen LogP contribution >= 0.6 is 11.3 Å². The number of hydrogen-bond donors (Lipinski definition) is 2. The molecule has 3 heterocycles. The zero-order valence-electron chi connectivity index (χ0n) is 21.0. The van der Waals surface area contributed by atoms with Crippen molar-refractivity contribution < 1.29 is 4.74 Å².